The van der Waals surface area contributed by atoms with Crippen LogP contribution in [0.5, 0.6) is 0 Å². The van der Waals surface area contributed by atoms with Crippen LogP contribution in [0.15, 0.2) is 0 Å². The van der Waals surface area contributed by atoms with E-state index in [9.17, 15) is 0 Å². The molecular formula is C18H33NO. The van der Waals surface area contributed by atoms with Crippen molar-refractivity contribution in [2.75, 3.05) is 13.7 Å². The predicted octanol–water partition coefficient (Wildman–Crippen LogP) is 4.14. The van der Waals surface area contributed by atoms with E-state index in [4.69, 9.17) is 4.74 Å². The van der Waals surface area contributed by atoms with Crippen LogP contribution in [0, 0.1) is 17.8 Å². The summed E-state index contributed by atoms with van der Waals surface area (Å²) in [6, 6.07) is 0.739. The molecule has 1 N–H and O–H groups in total. The molecule has 1 heterocycles. The lowest BCUT2D eigenvalue weighted by molar-refractivity contribution is -0.123. The minimum atomic E-state index is 0.264. The van der Waals surface area contributed by atoms with Gasteiger partial charge in [-0.2, -0.15) is 0 Å². The van der Waals surface area contributed by atoms with Crippen LogP contribution in [0.25, 0.3) is 0 Å². The highest BCUT2D eigenvalue weighted by Crippen LogP contribution is 2.44. The lowest BCUT2D eigenvalue weighted by atomic mass is 9.71. The zero-order valence-electron chi connectivity index (χ0n) is 13.5. The Balaban J connectivity index is 1.65. The van der Waals surface area contributed by atoms with E-state index in [-0.39, 0.29) is 5.60 Å². The lowest BCUT2D eigenvalue weighted by Crippen LogP contribution is -2.49. The van der Waals surface area contributed by atoms with Gasteiger partial charge in [0, 0.05) is 12.6 Å². The average Bonchev–Trinajstić information content (AvgIpc) is 2.87. The minimum Gasteiger partial charge on any atom is -0.375 e. The van der Waals surface area contributed by atoms with Crippen molar-refractivity contribution in [3.8, 4) is 0 Å². The molecule has 3 fully saturated rings. The fourth-order valence-electron chi connectivity index (χ4n) is 5.35. The van der Waals surface area contributed by atoms with Crippen LogP contribution in [0.4, 0.5) is 0 Å². The summed E-state index contributed by atoms with van der Waals surface area (Å²) < 4.78 is 6.29. The van der Waals surface area contributed by atoms with Gasteiger partial charge in [-0.15, -0.1) is 0 Å². The van der Waals surface area contributed by atoms with E-state index in [0.717, 1.165) is 30.4 Å². The van der Waals surface area contributed by atoms with Crippen LogP contribution in [0.1, 0.15) is 71.1 Å². The fourth-order valence-corrected chi connectivity index (χ4v) is 5.35. The molecule has 0 radical (unpaired) electrons. The molecule has 2 aliphatic carbocycles. The summed E-state index contributed by atoms with van der Waals surface area (Å²) in [5.74, 6) is 2.71. The Morgan fingerprint density at radius 1 is 1.05 bits per heavy atom. The van der Waals surface area contributed by atoms with Gasteiger partial charge in [-0.25, -0.2) is 0 Å². The smallest absolute Gasteiger partial charge is 0.0685 e. The highest BCUT2D eigenvalue weighted by molar-refractivity contribution is 4.95. The maximum absolute atomic E-state index is 6.29. The summed E-state index contributed by atoms with van der Waals surface area (Å²) >= 11 is 0. The molecule has 0 amide bonds. The summed E-state index contributed by atoms with van der Waals surface area (Å²) in [4.78, 5) is 0. The van der Waals surface area contributed by atoms with Crippen LogP contribution in [-0.4, -0.2) is 25.3 Å². The molecule has 2 saturated carbocycles. The number of ether oxygens (including phenoxy) is 1. The van der Waals surface area contributed by atoms with E-state index in [1.165, 1.54) is 64.2 Å². The number of nitrogens with one attached hydrogen (secondary N) is 1. The normalized spacial score (nSPS) is 39.0. The molecule has 2 heteroatoms. The Labute approximate surface area is 125 Å². The monoisotopic (exact) mass is 279 g/mol. The van der Waals surface area contributed by atoms with Crippen LogP contribution < -0.4 is 5.32 Å². The van der Waals surface area contributed by atoms with Crippen molar-refractivity contribution in [3.05, 3.63) is 0 Å². The molecule has 0 aromatic rings. The molecule has 1 aliphatic heterocycles. The molecule has 1 spiro atoms. The largest absolute Gasteiger partial charge is 0.375 e. The van der Waals surface area contributed by atoms with Crippen molar-refractivity contribution in [3.63, 3.8) is 0 Å². The highest BCUT2D eigenvalue weighted by Gasteiger charge is 2.42. The van der Waals surface area contributed by atoms with Gasteiger partial charge in [0.05, 0.1) is 5.60 Å². The van der Waals surface area contributed by atoms with Crippen molar-refractivity contribution in [1.82, 2.24) is 5.32 Å². The van der Waals surface area contributed by atoms with Crippen molar-refractivity contribution in [2.24, 2.45) is 17.8 Å². The standard InChI is InChI=1S/C18H33NO/c1-14-6-7-15(12-14)17(19-2)16-8-11-20-18(13-16)9-4-3-5-10-18/h14-17,19H,3-13H2,1-2H3. The van der Waals surface area contributed by atoms with Gasteiger partial charge in [-0.05, 0) is 63.3 Å². The SMILES string of the molecule is CNC(C1CCC(C)C1)C1CCOC2(CCCCC2)C1. The Morgan fingerprint density at radius 3 is 2.50 bits per heavy atom. The third-order valence-electron chi connectivity index (χ3n) is 6.38. The van der Waals surface area contributed by atoms with Gasteiger partial charge in [-0.1, -0.05) is 32.6 Å². The van der Waals surface area contributed by atoms with Crippen LogP contribution in [-0.2, 0) is 4.74 Å². The summed E-state index contributed by atoms with van der Waals surface area (Å²) in [5, 5.41) is 3.70. The molecule has 2 nitrogen and oxygen atoms in total. The maximum Gasteiger partial charge on any atom is 0.0685 e. The zero-order valence-corrected chi connectivity index (χ0v) is 13.5. The number of hydrogen-bond donors (Lipinski definition) is 1. The second kappa shape index (κ2) is 6.36. The van der Waals surface area contributed by atoms with Gasteiger partial charge < -0.3 is 10.1 Å². The summed E-state index contributed by atoms with van der Waals surface area (Å²) in [5.41, 5.74) is 0.264. The summed E-state index contributed by atoms with van der Waals surface area (Å²) in [7, 11) is 2.19. The average molecular weight is 279 g/mol. The molecule has 3 rings (SSSR count). The molecule has 0 bridgehead atoms. The van der Waals surface area contributed by atoms with Gasteiger partial charge in [0.2, 0.25) is 0 Å². The molecular weight excluding hydrogens is 246 g/mol. The first-order valence-electron chi connectivity index (χ1n) is 9.04. The first-order chi connectivity index (χ1) is 9.72. The topological polar surface area (TPSA) is 21.3 Å². The van der Waals surface area contributed by atoms with Crippen molar-refractivity contribution < 1.29 is 4.74 Å². The van der Waals surface area contributed by atoms with E-state index < -0.39 is 0 Å². The van der Waals surface area contributed by atoms with E-state index in [1.54, 1.807) is 0 Å². The van der Waals surface area contributed by atoms with Gasteiger partial charge in [-0.3, -0.25) is 0 Å². The first kappa shape index (κ1) is 14.8. The first-order valence-corrected chi connectivity index (χ1v) is 9.04. The number of rotatable bonds is 3. The van der Waals surface area contributed by atoms with Gasteiger partial charge >= 0.3 is 0 Å². The summed E-state index contributed by atoms with van der Waals surface area (Å²) in [6.07, 6.45) is 13.8. The van der Waals surface area contributed by atoms with E-state index in [0.29, 0.717) is 0 Å². The number of hydrogen-bond acceptors (Lipinski definition) is 2. The van der Waals surface area contributed by atoms with Crippen LogP contribution in [0.3, 0.4) is 0 Å². The van der Waals surface area contributed by atoms with E-state index >= 15 is 0 Å². The molecule has 3 aliphatic rings. The molecule has 20 heavy (non-hydrogen) atoms. The van der Waals surface area contributed by atoms with Crippen molar-refractivity contribution >= 4 is 0 Å². The van der Waals surface area contributed by atoms with Gasteiger partial charge in [0.25, 0.3) is 0 Å². The van der Waals surface area contributed by atoms with Gasteiger partial charge in [0.15, 0.2) is 0 Å². The second-order valence-electron chi connectivity index (χ2n) is 7.84. The molecule has 0 aromatic carbocycles. The minimum absolute atomic E-state index is 0.264. The second-order valence-corrected chi connectivity index (χ2v) is 7.84. The van der Waals surface area contributed by atoms with Crippen LogP contribution >= 0.6 is 0 Å². The molecule has 4 unspecified atom stereocenters. The third-order valence-corrected chi connectivity index (χ3v) is 6.38. The van der Waals surface area contributed by atoms with Crippen LogP contribution in [0.2, 0.25) is 0 Å². The Bertz CT molecular complexity index is 305. The Morgan fingerprint density at radius 2 is 1.85 bits per heavy atom. The van der Waals surface area contributed by atoms with E-state index in [2.05, 4.69) is 19.3 Å². The van der Waals surface area contributed by atoms with Gasteiger partial charge in [0.1, 0.15) is 0 Å². The fraction of sp³-hybridized carbons (Fsp3) is 1.00. The highest BCUT2D eigenvalue weighted by atomic mass is 16.5. The quantitative estimate of drug-likeness (QED) is 0.838. The molecule has 1 saturated heterocycles. The summed E-state index contributed by atoms with van der Waals surface area (Å²) in [6.45, 7) is 3.43. The van der Waals surface area contributed by atoms with E-state index in [1.807, 2.05) is 0 Å². The predicted molar refractivity (Wildman–Crippen MR) is 83.8 cm³/mol. The third kappa shape index (κ3) is 3.06. The van der Waals surface area contributed by atoms with Crippen molar-refractivity contribution in [1.29, 1.82) is 0 Å². The molecule has 116 valence electrons. The van der Waals surface area contributed by atoms with Crippen molar-refractivity contribution in [2.45, 2.75) is 82.8 Å². The zero-order chi connectivity index (χ0) is 14.0. The molecule has 4 atom stereocenters. The lowest BCUT2D eigenvalue weighted by Gasteiger charge is -2.46. The molecule has 0 aromatic heterocycles. The maximum atomic E-state index is 6.29. The Hall–Kier alpha value is -0.0800. The Kier molecular flexibility index (Phi) is 4.72.